The summed E-state index contributed by atoms with van der Waals surface area (Å²) < 4.78 is 14.0. The highest BCUT2D eigenvalue weighted by molar-refractivity contribution is 7.84. The van der Waals surface area contributed by atoms with E-state index in [1.807, 2.05) is 0 Å². The number of aromatic nitrogens is 3. The molecule has 1 aromatic heterocycles. The van der Waals surface area contributed by atoms with Crippen LogP contribution >= 0.6 is 0 Å². The van der Waals surface area contributed by atoms with Crippen molar-refractivity contribution in [2.24, 2.45) is 11.3 Å². The standard InChI is InChI=1S/C13H21N3O3S/c1-10(2)6-16-11(14-9-15-16)7-20(19)8-13(3-4-13)5-12(17)18/h9-10H,3-8H2,1-2H3,(H,17,18). The van der Waals surface area contributed by atoms with Gasteiger partial charge in [-0.25, -0.2) is 9.67 Å². The molecule has 0 saturated heterocycles. The average molecular weight is 299 g/mol. The van der Waals surface area contributed by atoms with Gasteiger partial charge in [-0.05, 0) is 24.2 Å². The maximum atomic E-state index is 12.2. The van der Waals surface area contributed by atoms with E-state index in [2.05, 4.69) is 23.9 Å². The molecule has 1 fully saturated rings. The predicted octanol–water partition coefficient (Wildman–Crippen LogP) is 1.44. The van der Waals surface area contributed by atoms with Gasteiger partial charge in [0.15, 0.2) is 0 Å². The van der Waals surface area contributed by atoms with E-state index < -0.39 is 16.8 Å². The van der Waals surface area contributed by atoms with Gasteiger partial charge in [0, 0.05) is 23.1 Å². The van der Waals surface area contributed by atoms with Crippen LogP contribution in [0.4, 0.5) is 0 Å². The Balaban J connectivity index is 1.92. The molecule has 2 rings (SSSR count). The van der Waals surface area contributed by atoms with Gasteiger partial charge in [0.05, 0.1) is 12.2 Å². The van der Waals surface area contributed by atoms with E-state index in [4.69, 9.17) is 5.11 Å². The van der Waals surface area contributed by atoms with E-state index in [0.717, 1.165) is 25.2 Å². The topological polar surface area (TPSA) is 85.1 Å². The van der Waals surface area contributed by atoms with Crippen LogP contribution in [0.25, 0.3) is 0 Å². The average Bonchev–Trinajstić information content (AvgIpc) is 2.90. The highest BCUT2D eigenvalue weighted by Gasteiger charge is 2.45. The molecule has 20 heavy (non-hydrogen) atoms. The molecular formula is C13H21N3O3S. The van der Waals surface area contributed by atoms with Gasteiger partial charge in [-0.2, -0.15) is 5.10 Å². The third kappa shape index (κ3) is 4.13. The summed E-state index contributed by atoms with van der Waals surface area (Å²) >= 11 is 0. The lowest BCUT2D eigenvalue weighted by molar-refractivity contribution is -0.138. The molecule has 1 aromatic rings. The summed E-state index contributed by atoms with van der Waals surface area (Å²) in [6.45, 7) is 4.94. The second kappa shape index (κ2) is 6.03. The van der Waals surface area contributed by atoms with Crippen molar-refractivity contribution in [1.82, 2.24) is 14.8 Å². The fourth-order valence-electron chi connectivity index (χ4n) is 2.30. The Bertz CT molecular complexity index is 509. The highest BCUT2D eigenvalue weighted by Crippen LogP contribution is 2.49. The first kappa shape index (κ1) is 15.2. The van der Waals surface area contributed by atoms with E-state index in [0.29, 0.717) is 17.4 Å². The van der Waals surface area contributed by atoms with Crippen LogP contribution < -0.4 is 0 Å². The monoisotopic (exact) mass is 299 g/mol. The van der Waals surface area contributed by atoms with Gasteiger partial charge in [0.25, 0.3) is 0 Å². The molecule has 1 saturated carbocycles. The quantitative estimate of drug-likeness (QED) is 0.785. The highest BCUT2D eigenvalue weighted by atomic mass is 32.2. The zero-order valence-electron chi connectivity index (χ0n) is 11.9. The lowest BCUT2D eigenvalue weighted by Crippen LogP contribution is -2.19. The normalized spacial score (nSPS) is 18.1. The van der Waals surface area contributed by atoms with Crippen LogP contribution in [-0.2, 0) is 27.9 Å². The Morgan fingerprint density at radius 2 is 2.25 bits per heavy atom. The number of hydrogen-bond donors (Lipinski definition) is 1. The number of aliphatic carboxylic acids is 1. The minimum absolute atomic E-state index is 0.122. The number of nitrogens with zero attached hydrogens (tertiary/aromatic N) is 3. The van der Waals surface area contributed by atoms with Crippen molar-refractivity contribution < 1.29 is 14.1 Å². The molecule has 1 aliphatic rings. The van der Waals surface area contributed by atoms with Crippen LogP contribution in [0.15, 0.2) is 6.33 Å². The molecule has 0 radical (unpaired) electrons. The van der Waals surface area contributed by atoms with Crippen molar-refractivity contribution >= 4 is 16.8 Å². The van der Waals surface area contributed by atoms with Crippen LogP contribution in [0.5, 0.6) is 0 Å². The van der Waals surface area contributed by atoms with E-state index in [1.54, 1.807) is 4.68 Å². The Labute approximate surface area is 121 Å². The van der Waals surface area contributed by atoms with Gasteiger partial charge < -0.3 is 5.11 Å². The minimum Gasteiger partial charge on any atom is -0.481 e. The minimum atomic E-state index is -1.08. The summed E-state index contributed by atoms with van der Waals surface area (Å²) in [7, 11) is -1.08. The molecule has 1 N–H and O–H groups in total. The molecule has 0 spiro atoms. The van der Waals surface area contributed by atoms with Crippen molar-refractivity contribution in [2.45, 2.75) is 45.4 Å². The maximum absolute atomic E-state index is 12.2. The lowest BCUT2D eigenvalue weighted by Gasteiger charge is -2.12. The third-order valence-corrected chi connectivity index (χ3v) is 4.99. The molecule has 1 atom stereocenters. The van der Waals surface area contributed by atoms with Gasteiger partial charge in [0.2, 0.25) is 0 Å². The zero-order valence-corrected chi connectivity index (χ0v) is 12.7. The Hall–Kier alpha value is -1.24. The molecule has 1 heterocycles. The molecular weight excluding hydrogens is 278 g/mol. The predicted molar refractivity (Wildman–Crippen MR) is 75.5 cm³/mol. The van der Waals surface area contributed by atoms with Crippen molar-refractivity contribution in [3.63, 3.8) is 0 Å². The first-order chi connectivity index (χ1) is 9.40. The Kier molecular flexibility index (Phi) is 4.57. The van der Waals surface area contributed by atoms with Gasteiger partial charge in [-0.15, -0.1) is 0 Å². The van der Waals surface area contributed by atoms with E-state index in [1.165, 1.54) is 6.33 Å². The fourth-order valence-corrected chi connectivity index (χ4v) is 3.99. The molecule has 1 unspecified atom stereocenters. The van der Waals surface area contributed by atoms with Crippen LogP contribution in [0.1, 0.15) is 38.9 Å². The fraction of sp³-hybridized carbons (Fsp3) is 0.769. The number of carbonyl (C=O) groups is 1. The van der Waals surface area contributed by atoms with Crippen molar-refractivity contribution in [3.8, 4) is 0 Å². The largest absolute Gasteiger partial charge is 0.481 e. The van der Waals surface area contributed by atoms with E-state index in [9.17, 15) is 9.00 Å². The molecule has 0 amide bonds. The Morgan fingerprint density at radius 3 is 2.80 bits per heavy atom. The van der Waals surface area contributed by atoms with Crippen LogP contribution in [-0.4, -0.2) is 35.8 Å². The van der Waals surface area contributed by atoms with E-state index >= 15 is 0 Å². The molecule has 7 heteroatoms. The molecule has 6 nitrogen and oxygen atoms in total. The maximum Gasteiger partial charge on any atom is 0.303 e. The van der Waals surface area contributed by atoms with Gasteiger partial charge in [-0.3, -0.25) is 9.00 Å². The van der Waals surface area contributed by atoms with Crippen molar-refractivity contribution in [1.29, 1.82) is 0 Å². The second-order valence-electron chi connectivity index (χ2n) is 6.05. The second-order valence-corrected chi connectivity index (χ2v) is 7.51. The van der Waals surface area contributed by atoms with Crippen LogP contribution in [0, 0.1) is 11.3 Å². The lowest BCUT2D eigenvalue weighted by atomic mass is 10.1. The summed E-state index contributed by atoms with van der Waals surface area (Å²) in [6, 6.07) is 0. The zero-order chi connectivity index (χ0) is 14.8. The number of carboxylic acids is 1. The van der Waals surface area contributed by atoms with Crippen LogP contribution in [0.3, 0.4) is 0 Å². The summed E-state index contributed by atoms with van der Waals surface area (Å²) in [5.41, 5.74) is -0.237. The van der Waals surface area contributed by atoms with Gasteiger partial charge in [0.1, 0.15) is 12.2 Å². The van der Waals surface area contributed by atoms with E-state index in [-0.39, 0.29) is 11.8 Å². The summed E-state index contributed by atoms with van der Waals surface area (Å²) in [5, 5.41) is 13.0. The first-order valence-corrected chi connectivity index (χ1v) is 8.32. The molecule has 1 aliphatic carbocycles. The smallest absolute Gasteiger partial charge is 0.303 e. The number of carboxylic acid groups (broad SMARTS) is 1. The summed E-state index contributed by atoms with van der Waals surface area (Å²) in [5.74, 6) is 1.18. The Morgan fingerprint density at radius 1 is 1.55 bits per heavy atom. The van der Waals surface area contributed by atoms with Gasteiger partial charge in [-0.1, -0.05) is 13.8 Å². The van der Waals surface area contributed by atoms with Crippen molar-refractivity contribution in [2.75, 3.05) is 5.75 Å². The number of rotatable bonds is 8. The first-order valence-electron chi connectivity index (χ1n) is 6.84. The molecule has 0 aromatic carbocycles. The molecule has 0 bridgehead atoms. The van der Waals surface area contributed by atoms with Gasteiger partial charge >= 0.3 is 5.97 Å². The summed E-state index contributed by atoms with van der Waals surface area (Å²) in [6.07, 6.45) is 3.34. The SMILES string of the molecule is CC(C)Cn1ncnc1CS(=O)CC1(CC(=O)O)CC1. The van der Waals surface area contributed by atoms with Crippen LogP contribution in [0.2, 0.25) is 0 Å². The number of hydrogen-bond acceptors (Lipinski definition) is 4. The molecule has 112 valence electrons. The molecule has 0 aliphatic heterocycles. The summed E-state index contributed by atoms with van der Waals surface area (Å²) in [4.78, 5) is 15.0. The third-order valence-electron chi connectivity index (χ3n) is 3.47. The van der Waals surface area contributed by atoms with Crippen molar-refractivity contribution in [3.05, 3.63) is 12.2 Å².